The number of fused-ring (bicyclic) bond motifs is 2. The van der Waals surface area contributed by atoms with Crippen LogP contribution in [0.25, 0.3) is 10.2 Å². The molecule has 1 radical (unpaired) electrons. The molecule has 0 atom stereocenters. The number of esters is 1. The highest BCUT2D eigenvalue weighted by molar-refractivity contribution is 7.18. The van der Waals surface area contributed by atoms with E-state index < -0.39 is 22.2 Å². The van der Waals surface area contributed by atoms with E-state index in [0.717, 1.165) is 31.8 Å². The average Bonchev–Trinajstić information content (AvgIpc) is 3.40. The number of benzene rings is 2. The van der Waals surface area contributed by atoms with Crippen molar-refractivity contribution in [1.82, 2.24) is 10.3 Å². The van der Waals surface area contributed by atoms with Gasteiger partial charge in [-0.25, -0.2) is 4.98 Å². The molecule has 0 fully saturated rings. The van der Waals surface area contributed by atoms with E-state index >= 15 is 0 Å². The number of aliphatic hydroxyl groups is 1. The molecule has 1 aliphatic rings. The number of hydrogen-bond donors (Lipinski definition) is 2. The fourth-order valence-corrected chi connectivity index (χ4v) is 5.45. The molecule has 39 heavy (non-hydrogen) atoms. The molecule has 1 aliphatic carbocycles. The van der Waals surface area contributed by atoms with E-state index in [2.05, 4.69) is 5.32 Å². The molecule has 2 N–H and O–H groups in total. The minimum atomic E-state index is -1.01. The second kappa shape index (κ2) is 10.7. The second-order valence-electron chi connectivity index (χ2n) is 12.5. The van der Waals surface area contributed by atoms with Gasteiger partial charge in [-0.3, -0.25) is 9.59 Å². The Morgan fingerprint density at radius 2 is 1.69 bits per heavy atom. The fraction of sp³-hybridized carbons (Fsp3) is 0.500. The van der Waals surface area contributed by atoms with Crippen LogP contribution in [-0.2, 0) is 38.4 Å². The Hall–Kier alpha value is -2.75. The average molecular weight is 550 g/mol. The Bertz CT molecular complexity index is 1340. The zero-order valence-electron chi connectivity index (χ0n) is 23.9. The smallest absolute Gasteiger partial charge is 0.330 e. The van der Waals surface area contributed by atoms with Gasteiger partial charge in [0, 0.05) is 0 Å². The molecule has 3 aromatic rings. The fourth-order valence-electron chi connectivity index (χ4n) is 4.56. The van der Waals surface area contributed by atoms with Gasteiger partial charge in [-0.2, -0.15) is 0 Å². The van der Waals surface area contributed by atoms with Crippen molar-refractivity contribution in [3.05, 3.63) is 58.6 Å². The van der Waals surface area contributed by atoms with Crippen molar-refractivity contribution in [3.63, 3.8) is 0 Å². The molecule has 0 saturated carbocycles. The van der Waals surface area contributed by atoms with Crippen molar-refractivity contribution in [1.29, 1.82) is 0 Å². The van der Waals surface area contributed by atoms with Crippen LogP contribution in [0.2, 0.25) is 0 Å². The zero-order valence-corrected chi connectivity index (χ0v) is 24.7. The number of carbonyl (C=O) groups excluding carboxylic acids is 2. The lowest BCUT2D eigenvalue weighted by molar-refractivity contribution is -0.160. The number of hydrogen-bond acceptors (Lipinski definition) is 7. The first-order valence-electron chi connectivity index (χ1n) is 13.3. The largest absolute Gasteiger partial charge is 0.460 e. The molecule has 7 nitrogen and oxygen atoms in total. The number of nitrogens with zero attached hydrogens (tertiary/aromatic N) is 1. The molecule has 4 rings (SSSR count). The van der Waals surface area contributed by atoms with Crippen LogP contribution in [0.3, 0.4) is 0 Å². The Morgan fingerprint density at radius 3 is 2.28 bits per heavy atom. The van der Waals surface area contributed by atoms with E-state index in [9.17, 15) is 14.7 Å². The van der Waals surface area contributed by atoms with E-state index in [-0.39, 0.29) is 24.8 Å². The van der Waals surface area contributed by atoms with Gasteiger partial charge in [-0.1, -0.05) is 35.8 Å². The van der Waals surface area contributed by atoms with Crippen molar-refractivity contribution < 1.29 is 24.1 Å². The number of nitrogens with one attached hydrogen (secondary N) is 1. The highest BCUT2D eigenvalue weighted by Crippen LogP contribution is 2.41. The minimum Gasteiger partial charge on any atom is -0.460 e. The predicted octanol–water partition coefficient (Wildman–Crippen LogP) is 4.24. The topological polar surface area (TPSA) is 97.8 Å². The Morgan fingerprint density at radius 1 is 1.05 bits per heavy atom. The third-order valence-corrected chi connectivity index (χ3v) is 8.42. The van der Waals surface area contributed by atoms with Crippen molar-refractivity contribution in [3.8, 4) is 0 Å². The number of ether oxygens (including phenoxy) is 1. The maximum Gasteiger partial charge on any atom is 0.330 e. The maximum atomic E-state index is 13.7. The number of thiazole rings is 1. The van der Waals surface area contributed by atoms with Crippen LogP contribution in [-0.4, -0.2) is 46.3 Å². The van der Waals surface area contributed by atoms with Crippen LogP contribution in [0, 0.1) is 5.41 Å². The molecule has 207 valence electrons. The van der Waals surface area contributed by atoms with E-state index in [1.54, 1.807) is 21.3 Å². The van der Waals surface area contributed by atoms with Gasteiger partial charge in [-0.05, 0) is 84.6 Å². The van der Waals surface area contributed by atoms with Crippen molar-refractivity contribution in [2.24, 2.45) is 5.41 Å². The van der Waals surface area contributed by atoms with Crippen LogP contribution < -0.4 is 10.8 Å². The zero-order chi connectivity index (χ0) is 28.6. The van der Waals surface area contributed by atoms with Crippen LogP contribution in [0.5, 0.6) is 0 Å². The molecular weight excluding hydrogens is 511 g/mol. The number of amides is 1. The summed E-state index contributed by atoms with van der Waals surface area (Å²) in [6, 6.07) is 13.8. The van der Waals surface area contributed by atoms with Gasteiger partial charge in [0.25, 0.3) is 0 Å². The molecule has 0 aliphatic heterocycles. The first-order chi connectivity index (χ1) is 18.1. The summed E-state index contributed by atoms with van der Waals surface area (Å²) in [5, 5.41) is 14.2. The molecule has 0 saturated heterocycles. The van der Waals surface area contributed by atoms with E-state index in [1.807, 2.05) is 77.1 Å². The number of carbonyl (C=O) groups is 2. The van der Waals surface area contributed by atoms with E-state index in [1.165, 1.54) is 11.3 Å². The molecule has 1 heterocycles. The molecule has 0 unspecified atom stereocenters. The monoisotopic (exact) mass is 549 g/mol. The summed E-state index contributed by atoms with van der Waals surface area (Å²) in [5.41, 5.74) is 0.530. The summed E-state index contributed by atoms with van der Waals surface area (Å²) < 4.78 is 12.5. The Balaban J connectivity index is 1.46. The molecule has 1 amide bonds. The SMILES string of the molecule is CC(C)(C)OC(=O)CC1(C(=O)NCc2nc3cc([B]OC(C)(C)C(C)(C)O)ccc3s2)Cc2ccccc2C1. The lowest BCUT2D eigenvalue weighted by atomic mass is 9.80. The van der Waals surface area contributed by atoms with Crippen LogP contribution in [0.1, 0.15) is 71.0 Å². The number of aromatic nitrogens is 1. The van der Waals surface area contributed by atoms with E-state index in [0.29, 0.717) is 12.8 Å². The lowest BCUT2D eigenvalue weighted by Gasteiger charge is -2.37. The van der Waals surface area contributed by atoms with Gasteiger partial charge in [0.15, 0.2) is 0 Å². The Kier molecular flexibility index (Phi) is 8.00. The molecule has 1 aromatic heterocycles. The highest BCUT2D eigenvalue weighted by Gasteiger charge is 2.46. The number of rotatable bonds is 9. The Labute approximate surface area is 235 Å². The van der Waals surface area contributed by atoms with Gasteiger partial charge in [0.2, 0.25) is 5.91 Å². The predicted molar refractivity (Wildman–Crippen MR) is 155 cm³/mol. The molecule has 0 bridgehead atoms. The van der Waals surface area contributed by atoms with E-state index in [4.69, 9.17) is 14.4 Å². The first kappa shape index (κ1) is 29.2. The van der Waals surface area contributed by atoms with Gasteiger partial charge < -0.3 is 19.8 Å². The third kappa shape index (κ3) is 6.88. The van der Waals surface area contributed by atoms with Crippen LogP contribution in [0.4, 0.5) is 0 Å². The van der Waals surface area contributed by atoms with Gasteiger partial charge in [0.1, 0.15) is 10.6 Å². The quantitative estimate of drug-likeness (QED) is 0.306. The second-order valence-corrected chi connectivity index (χ2v) is 13.6. The standard InChI is InChI=1S/C30H38BN2O5S/c1-27(2,3)37-25(34)17-30(15-19-10-8-9-11-20(19)16-30)26(35)32-18-24-33-22-14-21(12-13-23(22)39-24)31-38-29(6,7)28(4,5)36/h8-14,36H,15-18H2,1-7H3,(H,32,35). The summed E-state index contributed by atoms with van der Waals surface area (Å²) in [4.78, 5) is 31.2. The van der Waals surface area contributed by atoms with Crippen molar-refractivity contribution >= 4 is 46.4 Å². The third-order valence-electron chi connectivity index (χ3n) is 7.38. The summed E-state index contributed by atoms with van der Waals surface area (Å²) in [6.45, 7) is 12.9. The summed E-state index contributed by atoms with van der Waals surface area (Å²) in [7, 11) is 1.64. The van der Waals surface area contributed by atoms with Crippen molar-refractivity contribution in [2.45, 2.75) is 91.1 Å². The van der Waals surface area contributed by atoms with Gasteiger partial charge in [-0.15, -0.1) is 11.3 Å². The van der Waals surface area contributed by atoms with Gasteiger partial charge in [0.05, 0.1) is 39.8 Å². The maximum absolute atomic E-state index is 13.7. The molecule has 0 spiro atoms. The normalized spacial score (nSPS) is 15.2. The summed E-state index contributed by atoms with van der Waals surface area (Å²) in [6.07, 6.45) is 1.01. The minimum absolute atomic E-state index is 0.0187. The highest BCUT2D eigenvalue weighted by atomic mass is 32.1. The van der Waals surface area contributed by atoms with Crippen molar-refractivity contribution in [2.75, 3.05) is 0 Å². The van der Waals surface area contributed by atoms with Crippen LogP contribution in [0.15, 0.2) is 42.5 Å². The summed E-state index contributed by atoms with van der Waals surface area (Å²) in [5.74, 6) is -0.538. The summed E-state index contributed by atoms with van der Waals surface area (Å²) >= 11 is 1.51. The first-order valence-corrected chi connectivity index (χ1v) is 14.1. The van der Waals surface area contributed by atoms with Gasteiger partial charge >= 0.3 is 13.5 Å². The molecular formula is C30H38BN2O5S. The lowest BCUT2D eigenvalue weighted by Crippen LogP contribution is -2.49. The van der Waals surface area contributed by atoms with Crippen LogP contribution >= 0.6 is 11.3 Å². The molecule has 2 aromatic carbocycles. The molecule has 9 heteroatoms.